The van der Waals surface area contributed by atoms with Crippen LogP contribution in [0.5, 0.6) is 0 Å². The Morgan fingerprint density at radius 1 is 1.53 bits per heavy atom. The van der Waals surface area contributed by atoms with E-state index in [1.807, 2.05) is 6.08 Å². The third kappa shape index (κ3) is 5.54. The van der Waals surface area contributed by atoms with Crippen LogP contribution in [0.15, 0.2) is 12.2 Å². The molecule has 0 radical (unpaired) electrons. The largest absolute Gasteiger partial charge is 0.355 e. The van der Waals surface area contributed by atoms with Crippen molar-refractivity contribution < 1.29 is 13.2 Å². The number of nitrogens with two attached hydrogens (primary N) is 1. The van der Waals surface area contributed by atoms with Crippen LogP contribution in [0.4, 0.5) is 0 Å². The molecule has 1 unspecified atom stereocenters. The molecule has 1 amide bonds. The third-order valence-electron chi connectivity index (χ3n) is 2.27. The number of carbonyl (C=O) groups excluding carboxylic acids is 1. The van der Waals surface area contributed by atoms with Crippen LogP contribution in [0, 0.1) is 5.92 Å². The van der Waals surface area contributed by atoms with E-state index >= 15 is 0 Å². The van der Waals surface area contributed by atoms with Crippen molar-refractivity contribution >= 4 is 15.9 Å². The molecule has 0 aromatic carbocycles. The summed E-state index contributed by atoms with van der Waals surface area (Å²) in [6.07, 6.45) is 6.54. The van der Waals surface area contributed by atoms with Crippen LogP contribution in [-0.4, -0.2) is 26.6 Å². The molecule has 0 heterocycles. The minimum absolute atomic E-state index is 0.0914. The molecule has 15 heavy (non-hydrogen) atoms. The Kier molecular flexibility index (Phi) is 4.28. The number of sulfonamides is 1. The molecule has 6 heteroatoms. The Morgan fingerprint density at radius 3 is 2.80 bits per heavy atom. The molecule has 0 aliphatic heterocycles. The van der Waals surface area contributed by atoms with E-state index in [1.165, 1.54) is 0 Å². The second-order valence-electron chi connectivity index (χ2n) is 3.69. The Bertz CT molecular complexity index is 348. The van der Waals surface area contributed by atoms with Crippen LogP contribution in [0.1, 0.15) is 19.3 Å². The summed E-state index contributed by atoms with van der Waals surface area (Å²) < 4.78 is 21.1. The first-order valence-corrected chi connectivity index (χ1v) is 6.63. The van der Waals surface area contributed by atoms with Gasteiger partial charge in [0, 0.05) is 13.0 Å². The Labute approximate surface area is 89.8 Å². The van der Waals surface area contributed by atoms with Gasteiger partial charge in [0.1, 0.15) is 0 Å². The van der Waals surface area contributed by atoms with Crippen molar-refractivity contribution in [3.8, 4) is 0 Å². The fourth-order valence-electron chi connectivity index (χ4n) is 1.51. The molecule has 0 aromatic heterocycles. The lowest BCUT2D eigenvalue weighted by atomic mass is 10.1. The van der Waals surface area contributed by atoms with Gasteiger partial charge in [-0.25, -0.2) is 13.6 Å². The first-order valence-electron chi connectivity index (χ1n) is 4.91. The molecule has 0 bridgehead atoms. The monoisotopic (exact) mass is 232 g/mol. The van der Waals surface area contributed by atoms with Gasteiger partial charge >= 0.3 is 0 Å². The maximum absolute atomic E-state index is 11.3. The molecule has 86 valence electrons. The van der Waals surface area contributed by atoms with E-state index in [1.54, 1.807) is 0 Å². The SMILES string of the molecule is NS(=O)(=O)CCNC(=O)CC1C=CCC1. The Balaban J connectivity index is 2.16. The van der Waals surface area contributed by atoms with Crippen LogP contribution >= 0.6 is 0 Å². The topological polar surface area (TPSA) is 89.3 Å². The summed E-state index contributed by atoms with van der Waals surface area (Å²) in [6, 6.07) is 0. The molecule has 5 nitrogen and oxygen atoms in total. The number of nitrogens with one attached hydrogen (secondary N) is 1. The summed E-state index contributed by atoms with van der Waals surface area (Å²) >= 11 is 0. The highest BCUT2D eigenvalue weighted by atomic mass is 32.2. The van der Waals surface area contributed by atoms with Gasteiger partial charge in [-0.1, -0.05) is 12.2 Å². The smallest absolute Gasteiger partial charge is 0.220 e. The predicted octanol–water partition coefficient (Wildman–Crippen LogP) is -0.253. The van der Waals surface area contributed by atoms with Crippen molar-refractivity contribution in [3.05, 3.63) is 12.2 Å². The first kappa shape index (κ1) is 12.2. The quantitative estimate of drug-likeness (QED) is 0.640. The van der Waals surface area contributed by atoms with Gasteiger partial charge in [0.05, 0.1) is 5.75 Å². The van der Waals surface area contributed by atoms with Crippen LogP contribution < -0.4 is 10.5 Å². The second kappa shape index (κ2) is 5.27. The van der Waals surface area contributed by atoms with E-state index < -0.39 is 10.0 Å². The Morgan fingerprint density at radius 2 is 2.27 bits per heavy atom. The fourth-order valence-corrected chi connectivity index (χ4v) is 1.89. The van der Waals surface area contributed by atoms with Crippen LogP contribution in [0.3, 0.4) is 0 Å². The molecule has 1 rings (SSSR count). The zero-order valence-electron chi connectivity index (χ0n) is 8.48. The number of hydrogen-bond acceptors (Lipinski definition) is 3. The number of rotatable bonds is 5. The van der Waals surface area contributed by atoms with Crippen molar-refractivity contribution in [2.75, 3.05) is 12.3 Å². The van der Waals surface area contributed by atoms with Crippen molar-refractivity contribution in [1.82, 2.24) is 5.32 Å². The number of allylic oxidation sites excluding steroid dienone is 2. The van der Waals surface area contributed by atoms with Crippen LogP contribution in [0.2, 0.25) is 0 Å². The zero-order chi connectivity index (χ0) is 11.3. The molecule has 0 saturated heterocycles. The number of carbonyl (C=O) groups is 1. The van der Waals surface area contributed by atoms with E-state index in [9.17, 15) is 13.2 Å². The van der Waals surface area contributed by atoms with Crippen molar-refractivity contribution in [2.24, 2.45) is 11.1 Å². The maximum atomic E-state index is 11.3. The van der Waals surface area contributed by atoms with E-state index in [0.29, 0.717) is 12.3 Å². The standard InChI is InChI=1S/C9H16N2O3S/c10-15(13,14)6-5-11-9(12)7-8-3-1-2-4-8/h1,3,8H,2,4-7H2,(H,11,12)(H2,10,13,14). The molecule has 0 fully saturated rings. The molecule has 1 aliphatic carbocycles. The molecule has 0 saturated carbocycles. The van der Waals surface area contributed by atoms with Crippen LogP contribution in [0.25, 0.3) is 0 Å². The van der Waals surface area contributed by atoms with E-state index in [2.05, 4.69) is 11.4 Å². The average molecular weight is 232 g/mol. The highest BCUT2D eigenvalue weighted by molar-refractivity contribution is 7.89. The van der Waals surface area contributed by atoms with Gasteiger partial charge in [0.25, 0.3) is 0 Å². The van der Waals surface area contributed by atoms with Gasteiger partial charge in [0.2, 0.25) is 15.9 Å². The summed E-state index contributed by atoms with van der Waals surface area (Å²) in [6.45, 7) is 0.0914. The molecular formula is C9H16N2O3S. The lowest BCUT2D eigenvalue weighted by molar-refractivity contribution is -0.121. The molecule has 1 atom stereocenters. The number of amides is 1. The van der Waals surface area contributed by atoms with Gasteiger partial charge in [-0.3, -0.25) is 4.79 Å². The maximum Gasteiger partial charge on any atom is 0.220 e. The van der Waals surface area contributed by atoms with Crippen LogP contribution in [-0.2, 0) is 14.8 Å². The first-order chi connectivity index (χ1) is 6.97. The van der Waals surface area contributed by atoms with Crippen molar-refractivity contribution in [2.45, 2.75) is 19.3 Å². The van der Waals surface area contributed by atoms with E-state index in [0.717, 1.165) is 12.8 Å². The lowest BCUT2D eigenvalue weighted by Crippen LogP contribution is -2.32. The molecule has 1 aliphatic rings. The average Bonchev–Trinajstić information content (AvgIpc) is 2.54. The second-order valence-corrected chi connectivity index (χ2v) is 5.42. The minimum atomic E-state index is -3.48. The van der Waals surface area contributed by atoms with Crippen molar-refractivity contribution in [3.63, 3.8) is 0 Å². The van der Waals surface area contributed by atoms with E-state index in [-0.39, 0.29) is 18.2 Å². The van der Waals surface area contributed by atoms with E-state index in [4.69, 9.17) is 5.14 Å². The number of hydrogen-bond donors (Lipinski definition) is 2. The van der Waals surface area contributed by atoms with Crippen molar-refractivity contribution in [1.29, 1.82) is 0 Å². The Hall–Kier alpha value is -0.880. The molecule has 3 N–H and O–H groups in total. The molecule has 0 spiro atoms. The summed E-state index contributed by atoms with van der Waals surface area (Å²) in [5, 5.41) is 7.33. The summed E-state index contributed by atoms with van der Waals surface area (Å²) in [5.74, 6) is -0.0196. The minimum Gasteiger partial charge on any atom is -0.355 e. The highest BCUT2D eigenvalue weighted by Gasteiger charge is 2.13. The fraction of sp³-hybridized carbons (Fsp3) is 0.667. The highest BCUT2D eigenvalue weighted by Crippen LogP contribution is 2.19. The summed E-state index contributed by atoms with van der Waals surface area (Å²) in [5.41, 5.74) is 0. The summed E-state index contributed by atoms with van der Waals surface area (Å²) in [4.78, 5) is 11.3. The predicted molar refractivity (Wildman–Crippen MR) is 57.5 cm³/mol. The van der Waals surface area contributed by atoms with Gasteiger partial charge in [-0.05, 0) is 18.8 Å². The lowest BCUT2D eigenvalue weighted by Gasteiger charge is -2.07. The zero-order valence-corrected chi connectivity index (χ0v) is 9.29. The van der Waals surface area contributed by atoms with Gasteiger partial charge < -0.3 is 5.32 Å². The van der Waals surface area contributed by atoms with Gasteiger partial charge in [-0.2, -0.15) is 0 Å². The van der Waals surface area contributed by atoms with Gasteiger partial charge in [-0.15, -0.1) is 0 Å². The molecule has 0 aromatic rings. The third-order valence-corrected chi connectivity index (χ3v) is 3.04. The number of primary sulfonamides is 1. The molecular weight excluding hydrogens is 216 g/mol. The normalized spacial score (nSPS) is 20.5. The van der Waals surface area contributed by atoms with Gasteiger partial charge in [0.15, 0.2) is 0 Å². The summed E-state index contributed by atoms with van der Waals surface area (Å²) in [7, 11) is -3.48.